The number of allylic oxidation sites excluding steroid dienone is 3. The molecule has 1 fully saturated rings. The fourth-order valence-electron chi connectivity index (χ4n) is 5.22. The van der Waals surface area contributed by atoms with Crippen molar-refractivity contribution in [1.29, 1.82) is 0 Å². The predicted molar refractivity (Wildman–Crippen MR) is 107 cm³/mol. The van der Waals surface area contributed by atoms with Crippen LogP contribution in [0.2, 0.25) is 0 Å². The van der Waals surface area contributed by atoms with Crippen molar-refractivity contribution < 1.29 is 22.4 Å². The van der Waals surface area contributed by atoms with Crippen LogP contribution in [0.5, 0.6) is 5.75 Å². The van der Waals surface area contributed by atoms with Gasteiger partial charge in [-0.25, -0.2) is 0 Å². The van der Waals surface area contributed by atoms with E-state index in [-0.39, 0.29) is 5.92 Å². The quantitative estimate of drug-likeness (QED) is 0.307. The van der Waals surface area contributed by atoms with E-state index < -0.39 is 12.8 Å². The summed E-state index contributed by atoms with van der Waals surface area (Å²) in [5, 5.41) is 0. The second kappa shape index (κ2) is 8.10. The highest BCUT2D eigenvalue weighted by molar-refractivity contribution is 7.10. The van der Waals surface area contributed by atoms with E-state index in [4.69, 9.17) is 9.26 Å². The van der Waals surface area contributed by atoms with E-state index in [0.717, 1.165) is 44.1 Å². The van der Waals surface area contributed by atoms with Crippen molar-refractivity contribution in [3.8, 4) is 5.75 Å². The Hall–Kier alpha value is -1.48. The summed E-state index contributed by atoms with van der Waals surface area (Å²) in [6.45, 7) is -1.26. The SMILES string of the molecule is FC(F)(F)COC(=C1C2CCCC1C1=C(CCCC1)C2)c1cccc(OP)c1. The van der Waals surface area contributed by atoms with Crippen molar-refractivity contribution in [1.82, 2.24) is 0 Å². The van der Waals surface area contributed by atoms with Crippen LogP contribution in [-0.2, 0) is 4.74 Å². The molecule has 0 aliphatic heterocycles. The Morgan fingerprint density at radius 2 is 1.93 bits per heavy atom. The summed E-state index contributed by atoms with van der Waals surface area (Å²) in [6, 6.07) is 7.18. The third-order valence-electron chi connectivity index (χ3n) is 6.28. The van der Waals surface area contributed by atoms with Crippen LogP contribution in [0.15, 0.2) is 41.0 Å². The summed E-state index contributed by atoms with van der Waals surface area (Å²) in [5.74, 6) is 1.55. The maximum Gasteiger partial charge on any atom is 0.422 e. The summed E-state index contributed by atoms with van der Waals surface area (Å²) in [5.41, 5.74) is 4.83. The second-order valence-corrected chi connectivity index (χ2v) is 8.29. The lowest BCUT2D eigenvalue weighted by molar-refractivity contribution is -0.158. The van der Waals surface area contributed by atoms with Crippen LogP contribution in [0.1, 0.15) is 56.9 Å². The maximum absolute atomic E-state index is 13.0. The molecule has 0 heterocycles. The van der Waals surface area contributed by atoms with Crippen molar-refractivity contribution in [2.24, 2.45) is 11.8 Å². The predicted octanol–water partition coefficient (Wildman–Crippen LogP) is 6.84. The minimum Gasteiger partial charge on any atom is -0.484 e. The van der Waals surface area contributed by atoms with Gasteiger partial charge in [-0.3, -0.25) is 0 Å². The molecule has 6 heteroatoms. The molecule has 28 heavy (non-hydrogen) atoms. The molecule has 152 valence electrons. The molecule has 0 radical (unpaired) electrons. The zero-order valence-corrected chi connectivity index (χ0v) is 17.0. The summed E-state index contributed by atoms with van der Waals surface area (Å²) in [6.07, 6.45) is 4.47. The highest BCUT2D eigenvalue weighted by Gasteiger charge is 2.40. The first-order valence-electron chi connectivity index (χ1n) is 10.1. The first-order valence-corrected chi connectivity index (χ1v) is 10.5. The van der Waals surface area contributed by atoms with Gasteiger partial charge in [0.2, 0.25) is 0 Å². The van der Waals surface area contributed by atoms with Gasteiger partial charge in [0.1, 0.15) is 11.5 Å². The standard InChI is InChI=1S/C22H26F3O2P/c23-22(24,25)13-26-21(16-7-3-8-17(12-16)27-28)20-15-6-4-10-19(20)18-9-2-1-5-14(18)11-15/h3,7-8,12,15,19H,1-2,4-6,9-11,13,28H2. The Labute approximate surface area is 166 Å². The highest BCUT2D eigenvalue weighted by atomic mass is 31.0. The normalized spacial score (nSPS) is 26.6. The van der Waals surface area contributed by atoms with E-state index in [0.29, 0.717) is 23.0 Å². The van der Waals surface area contributed by atoms with Crippen LogP contribution < -0.4 is 4.52 Å². The molecule has 1 saturated carbocycles. The molecule has 4 rings (SSSR count). The number of ether oxygens (including phenoxy) is 1. The van der Waals surface area contributed by atoms with Crippen molar-refractivity contribution >= 4 is 15.2 Å². The zero-order valence-electron chi connectivity index (χ0n) is 15.9. The fraction of sp³-hybridized carbons (Fsp3) is 0.545. The van der Waals surface area contributed by atoms with Crippen molar-refractivity contribution in [2.75, 3.05) is 6.61 Å². The van der Waals surface area contributed by atoms with Crippen molar-refractivity contribution in [3.63, 3.8) is 0 Å². The molecule has 0 spiro atoms. The lowest BCUT2D eigenvalue weighted by Gasteiger charge is -2.43. The van der Waals surface area contributed by atoms with Crippen LogP contribution in [0.4, 0.5) is 13.2 Å². The Morgan fingerprint density at radius 3 is 2.71 bits per heavy atom. The van der Waals surface area contributed by atoms with Gasteiger partial charge in [-0.05, 0) is 68.6 Å². The van der Waals surface area contributed by atoms with Crippen LogP contribution in [0, 0.1) is 11.8 Å². The average Bonchev–Trinajstić information content (AvgIpc) is 2.67. The molecule has 3 aliphatic rings. The van der Waals surface area contributed by atoms with Crippen LogP contribution in [-0.4, -0.2) is 12.8 Å². The van der Waals surface area contributed by atoms with E-state index in [1.54, 1.807) is 23.8 Å². The molecule has 3 aliphatic carbocycles. The summed E-state index contributed by atoms with van der Waals surface area (Å²) >= 11 is 0. The van der Waals surface area contributed by atoms with Gasteiger partial charge in [0.05, 0.1) is 9.47 Å². The number of rotatable bonds is 4. The van der Waals surface area contributed by atoms with Gasteiger partial charge >= 0.3 is 6.18 Å². The van der Waals surface area contributed by atoms with Gasteiger partial charge in [-0.15, -0.1) is 0 Å². The molecule has 2 bridgehead atoms. The summed E-state index contributed by atoms with van der Waals surface area (Å²) < 4.78 is 49.8. The van der Waals surface area contributed by atoms with Gasteiger partial charge in [0, 0.05) is 11.5 Å². The molecule has 0 saturated heterocycles. The number of hydrogen-bond acceptors (Lipinski definition) is 2. The Kier molecular flexibility index (Phi) is 5.73. The summed E-state index contributed by atoms with van der Waals surface area (Å²) in [4.78, 5) is 0. The number of hydrogen-bond donors (Lipinski definition) is 0. The van der Waals surface area contributed by atoms with Crippen molar-refractivity contribution in [2.45, 2.75) is 57.5 Å². The third kappa shape index (κ3) is 4.10. The van der Waals surface area contributed by atoms with Gasteiger partial charge in [0.15, 0.2) is 6.61 Å². The van der Waals surface area contributed by atoms with E-state index in [2.05, 4.69) is 9.47 Å². The van der Waals surface area contributed by atoms with Gasteiger partial charge in [-0.1, -0.05) is 29.7 Å². The van der Waals surface area contributed by atoms with Gasteiger partial charge in [-0.2, -0.15) is 13.2 Å². The molecule has 1 aromatic rings. The van der Waals surface area contributed by atoms with Crippen LogP contribution >= 0.6 is 9.47 Å². The molecule has 3 unspecified atom stereocenters. The lowest BCUT2D eigenvalue weighted by Crippen LogP contribution is -2.30. The first kappa shape index (κ1) is 19.8. The fourth-order valence-corrected chi connectivity index (χ4v) is 5.37. The molecule has 1 aromatic carbocycles. The maximum atomic E-state index is 13.0. The van der Waals surface area contributed by atoms with Crippen molar-refractivity contribution in [3.05, 3.63) is 46.5 Å². The monoisotopic (exact) mass is 410 g/mol. The third-order valence-corrected chi connectivity index (χ3v) is 6.55. The zero-order chi connectivity index (χ0) is 19.7. The van der Waals surface area contributed by atoms with E-state index in [1.807, 2.05) is 6.07 Å². The van der Waals surface area contributed by atoms with Gasteiger partial charge in [0.25, 0.3) is 0 Å². The molecule has 0 aromatic heterocycles. The minimum atomic E-state index is -4.36. The molecular formula is C22H26F3O2P. The highest BCUT2D eigenvalue weighted by Crippen LogP contribution is 2.53. The lowest BCUT2D eigenvalue weighted by atomic mass is 9.62. The Bertz CT molecular complexity index is 797. The van der Waals surface area contributed by atoms with E-state index >= 15 is 0 Å². The van der Waals surface area contributed by atoms with Crippen LogP contribution in [0.25, 0.3) is 5.76 Å². The molecular weight excluding hydrogens is 384 g/mol. The Balaban J connectivity index is 1.81. The summed E-state index contributed by atoms with van der Waals surface area (Å²) in [7, 11) is 2.18. The van der Waals surface area contributed by atoms with E-state index in [9.17, 15) is 13.2 Å². The minimum absolute atomic E-state index is 0.242. The number of fused-ring (bicyclic) bond motifs is 3. The average molecular weight is 410 g/mol. The molecule has 2 nitrogen and oxygen atoms in total. The largest absolute Gasteiger partial charge is 0.484 e. The topological polar surface area (TPSA) is 18.5 Å². The second-order valence-electron chi connectivity index (χ2n) is 8.05. The number of alkyl halides is 3. The number of benzene rings is 1. The Morgan fingerprint density at radius 1 is 1.11 bits per heavy atom. The number of halogens is 3. The first-order chi connectivity index (χ1) is 13.5. The molecule has 0 amide bonds. The molecule has 3 atom stereocenters. The smallest absolute Gasteiger partial charge is 0.422 e. The molecule has 0 N–H and O–H groups in total. The van der Waals surface area contributed by atoms with E-state index in [1.165, 1.54) is 18.4 Å². The van der Waals surface area contributed by atoms with Crippen LogP contribution in [0.3, 0.4) is 0 Å². The van der Waals surface area contributed by atoms with Gasteiger partial charge < -0.3 is 9.26 Å².